The molecule has 0 aliphatic carbocycles. The topological polar surface area (TPSA) is 44.8 Å². The van der Waals surface area contributed by atoms with Crippen LogP contribution in [-0.2, 0) is 19.0 Å². The highest BCUT2D eigenvalue weighted by Crippen LogP contribution is 2.38. The molecule has 0 spiro atoms. The van der Waals surface area contributed by atoms with E-state index in [0.29, 0.717) is 6.61 Å². The Kier molecular flexibility index (Phi) is 4.48. The molecule has 1 aromatic rings. The van der Waals surface area contributed by atoms with E-state index in [4.69, 9.17) is 14.2 Å². The van der Waals surface area contributed by atoms with E-state index < -0.39 is 5.79 Å². The third-order valence-corrected chi connectivity index (χ3v) is 5.41. The van der Waals surface area contributed by atoms with Crippen molar-refractivity contribution in [2.75, 3.05) is 12.4 Å². The fourth-order valence-corrected chi connectivity index (χ4v) is 4.15. The normalized spacial score (nSPS) is 33.9. The lowest BCUT2D eigenvalue weighted by Crippen LogP contribution is -2.35. The molecule has 0 aromatic heterocycles. The van der Waals surface area contributed by atoms with Crippen molar-refractivity contribution < 1.29 is 19.0 Å². The van der Waals surface area contributed by atoms with E-state index in [1.807, 2.05) is 32.0 Å². The minimum absolute atomic E-state index is 0.0949. The molecule has 4 unspecified atom stereocenters. The van der Waals surface area contributed by atoms with Gasteiger partial charge in [0.1, 0.15) is 12.2 Å². The standard InChI is InChI=1S/C17H22O4S/c1-11-13(10-22-12-7-5-4-6-8-12)16(18)20-15(11)14-9-19-17(2,3)21-14/h4-8,11,13-15H,9-10H2,1-3H3. The summed E-state index contributed by atoms with van der Waals surface area (Å²) in [6, 6.07) is 10.1. The van der Waals surface area contributed by atoms with E-state index >= 15 is 0 Å². The Hall–Kier alpha value is -1.04. The van der Waals surface area contributed by atoms with E-state index in [9.17, 15) is 4.79 Å². The van der Waals surface area contributed by atoms with Gasteiger partial charge in [-0.05, 0) is 26.0 Å². The van der Waals surface area contributed by atoms with Crippen molar-refractivity contribution in [3.05, 3.63) is 30.3 Å². The van der Waals surface area contributed by atoms with Crippen LogP contribution in [0.15, 0.2) is 35.2 Å². The number of ether oxygens (including phenoxy) is 3. The maximum Gasteiger partial charge on any atom is 0.310 e. The summed E-state index contributed by atoms with van der Waals surface area (Å²) in [5.41, 5.74) is 0. The number of hydrogen-bond donors (Lipinski definition) is 0. The summed E-state index contributed by atoms with van der Waals surface area (Å²) in [5, 5.41) is 0. The summed E-state index contributed by atoms with van der Waals surface area (Å²) >= 11 is 1.70. The summed E-state index contributed by atoms with van der Waals surface area (Å²) in [7, 11) is 0. The van der Waals surface area contributed by atoms with Crippen molar-refractivity contribution in [3.63, 3.8) is 0 Å². The molecule has 2 aliphatic heterocycles. The van der Waals surface area contributed by atoms with Gasteiger partial charge in [0.15, 0.2) is 5.79 Å². The van der Waals surface area contributed by atoms with Gasteiger partial charge in [-0.1, -0.05) is 25.1 Å². The molecule has 4 nitrogen and oxygen atoms in total. The average Bonchev–Trinajstić information content (AvgIpc) is 2.98. The second kappa shape index (κ2) is 6.22. The Morgan fingerprint density at radius 3 is 2.64 bits per heavy atom. The van der Waals surface area contributed by atoms with Crippen molar-refractivity contribution in [1.82, 2.24) is 0 Å². The molecule has 2 heterocycles. The maximum atomic E-state index is 12.2. The average molecular weight is 322 g/mol. The van der Waals surface area contributed by atoms with Gasteiger partial charge in [0.2, 0.25) is 0 Å². The monoisotopic (exact) mass is 322 g/mol. The Balaban J connectivity index is 1.61. The smallest absolute Gasteiger partial charge is 0.310 e. The molecule has 0 radical (unpaired) electrons. The Bertz CT molecular complexity index is 531. The van der Waals surface area contributed by atoms with Gasteiger partial charge >= 0.3 is 5.97 Å². The van der Waals surface area contributed by atoms with Crippen molar-refractivity contribution in [2.45, 2.75) is 43.7 Å². The fraction of sp³-hybridized carbons (Fsp3) is 0.588. The number of carbonyl (C=O) groups excluding carboxylic acids is 1. The molecular formula is C17H22O4S. The first-order valence-electron chi connectivity index (χ1n) is 7.66. The lowest BCUT2D eigenvalue weighted by Gasteiger charge is -2.23. The van der Waals surface area contributed by atoms with Crippen molar-refractivity contribution in [3.8, 4) is 0 Å². The molecule has 2 fully saturated rings. The van der Waals surface area contributed by atoms with Gasteiger partial charge in [0.05, 0.1) is 12.5 Å². The van der Waals surface area contributed by atoms with Crippen molar-refractivity contribution in [1.29, 1.82) is 0 Å². The lowest BCUT2D eigenvalue weighted by atomic mass is 9.91. The van der Waals surface area contributed by atoms with Crippen LogP contribution in [0.1, 0.15) is 20.8 Å². The van der Waals surface area contributed by atoms with Gasteiger partial charge in [0.25, 0.3) is 0 Å². The SMILES string of the molecule is CC1C(CSc2ccccc2)C(=O)OC1C1COC(C)(C)O1. The summed E-state index contributed by atoms with van der Waals surface area (Å²) in [5.74, 6) is 0.0634. The third-order valence-electron chi connectivity index (χ3n) is 4.28. The van der Waals surface area contributed by atoms with E-state index in [2.05, 4.69) is 19.1 Å². The summed E-state index contributed by atoms with van der Waals surface area (Å²) in [6.07, 6.45) is -0.378. The molecule has 0 N–H and O–H groups in total. The zero-order valence-corrected chi connectivity index (χ0v) is 14.0. The first-order chi connectivity index (χ1) is 10.5. The largest absolute Gasteiger partial charge is 0.459 e. The zero-order valence-electron chi connectivity index (χ0n) is 13.2. The predicted molar refractivity (Wildman–Crippen MR) is 84.6 cm³/mol. The minimum Gasteiger partial charge on any atom is -0.459 e. The quantitative estimate of drug-likeness (QED) is 0.629. The van der Waals surface area contributed by atoms with Gasteiger partial charge in [-0.15, -0.1) is 11.8 Å². The second-order valence-electron chi connectivity index (χ2n) is 6.36. The van der Waals surface area contributed by atoms with Crippen LogP contribution in [0, 0.1) is 11.8 Å². The number of rotatable bonds is 4. The Morgan fingerprint density at radius 1 is 1.27 bits per heavy atom. The molecule has 0 amide bonds. The predicted octanol–water partition coefficient (Wildman–Crippen LogP) is 3.11. The molecule has 4 atom stereocenters. The summed E-state index contributed by atoms with van der Waals surface area (Å²) in [6.45, 7) is 6.32. The van der Waals surface area contributed by atoms with E-state index in [-0.39, 0.29) is 30.0 Å². The van der Waals surface area contributed by atoms with Crippen LogP contribution in [0.5, 0.6) is 0 Å². The lowest BCUT2D eigenvalue weighted by molar-refractivity contribution is -0.164. The zero-order chi connectivity index (χ0) is 15.7. The highest BCUT2D eigenvalue weighted by molar-refractivity contribution is 7.99. The minimum atomic E-state index is -0.590. The Labute approximate surface area is 135 Å². The van der Waals surface area contributed by atoms with Crippen LogP contribution in [0.2, 0.25) is 0 Å². The highest BCUT2D eigenvalue weighted by atomic mass is 32.2. The van der Waals surface area contributed by atoms with Crippen LogP contribution in [0.4, 0.5) is 0 Å². The van der Waals surface area contributed by atoms with Gasteiger partial charge in [0, 0.05) is 16.6 Å². The molecule has 0 saturated carbocycles. The number of esters is 1. The third kappa shape index (κ3) is 3.31. The van der Waals surface area contributed by atoms with Gasteiger partial charge in [-0.25, -0.2) is 0 Å². The molecular weight excluding hydrogens is 300 g/mol. The summed E-state index contributed by atoms with van der Waals surface area (Å²) < 4.78 is 17.0. The van der Waals surface area contributed by atoms with E-state index in [0.717, 1.165) is 5.75 Å². The van der Waals surface area contributed by atoms with Crippen LogP contribution in [0.25, 0.3) is 0 Å². The molecule has 120 valence electrons. The molecule has 0 bridgehead atoms. The molecule has 2 saturated heterocycles. The summed E-state index contributed by atoms with van der Waals surface area (Å²) in [4.78, 5) is 13.4. The van der Waals surface area contributed by atoms with Crippen LogP contribution < -0.4 is 0 Å². The number of thioether (sulfide) groups is 1. The highest BCUT2D eigenvalue weighted by Gasteiger charge is 2.49. The first kappa shape index (κ1) is 15.8. The van der Waals surface area contributed by atoms with Crippen molar-refractivity contribution >= 4 is 17.7 Å². The van der Waals surface area contributed by atoms with Gasteiger partial charge in [-0.2, -0.15) is 0 Å². The molecule has 1 aromatic carbocycles. The number of hydrogen-bond acceptors (Lipinski definition) is 5. The number of cyclic esters (lactones) is 1. The fourth-order valence-electron chi connectivity index (χ4n) is 2.99. The second-order valence-corrected chi connectivity index (χ2v) is 7.45. The van der Waals surface area contributed by atoms with Gasteiger partial charge < -0.3 is 14.2 Å². The molecule has 22 heavy (non-hydrogen) atoms. The van der Waals surface area contributed by atoms with E-state index in [1.165, 1.54) is 4.90 Å². The Morgan fingerprint density at radius 2 is 2.00 bits per heavy atom. The number of benzene rings is 1. The van der Waals surface area contributed by atoms with Crippen LogP contribution in [-0.4, -0.2) is 36.3 Å². The molecule has 3 rings (SSSR count). The first-order valence-corrected chi connectivity index (χ1v) is 8.65. The van der Waals surface area contributed by atoms with Crippen molar-refractivity contribution in [2.24, 2.45) is 11.8 Å². The molecule has 2 aliphatic rings. The van der Waals surface area contributed by atoms with Crippen LogP contribution in [0.3, 0.4) is 0 Å². The van der Waals surface area contributed by atoms with Gasteiger partial charge in [-0.3, -0.25) is 4.79 Å². The van der Waals surface area contributed by atoms with E-state index in [1.54, 1.807) is 11.8 Å². The maximum absolute atomic E-state index is 12.2. The molecule has 5 heteroatoms. The van der Waals surface area contributed by atoms with Crippen LogP contribution >= 0.6 is 11.8 Å². The number of carbonyl (C=O) groups is 1.